The fourth-order valence-electron chi connectivity index (χ4n) is 2.08. The first-order valence-corrected chi connectivity index (χ1v) is 7.01. The third-order valence-electron chi connectivity index (χ3n) is 3.33. The topological polar surface area (TPSA) is 90.0 Å². The lowest BCUT2D eigenvalue weighted by molar-refractivity contribution is -0.119. The SMILES string of the molecule is CC(C(=O)Nc1ccon1)n1nc(-c2ccccc2)ccc1=O. The molecule has 0 saturated carbocycles. The molecule has 7 nitrogen and oxygen atoms in total. The van der Waals surface area contributed by atoms with Gasteiger partial charge in [0, 0.05) is 17.7 Å². The Kier molecular flexibility index (Phi) is 4.01. The molecule has 1 amide bonds. The van der Waals surface area contributed by atoms with E-state index in [9.17, 15) is 9.59 Å². The lowest BCUT2D eigenvalue weighted by Crippen LogP contribution is -2.33. The Labute approximate surface area is 131 Å². The molecule has 1 aromatic carbocycles. The zero-order chi connectivity index (χ0) is 16.2. The molecule has 0 fully saturated rings. The summed E-state index contributed by atoms with van der Waals surface area (Å²) in [7, 11) is 0. The molecule has 1 N–H and O–H groups in total. The molecule has 0 bridgehead atoms. The van der Waals surface area contributed by atoms with E-state index in [1.54, 1.807) is 13.0 Å². The summed E-state index contributed by atoms with van der Waals surface area (Å²) in [5.41, 5.74) is 1.13. The van der Waals surface area contributed by atoms with E-state index in [0.717, 1.165) is 10.2 Å². The molecule has 3 aromatic rings. The summed E-state index contributed by atoms with van der Waals surface area (Å²) in [6.07, 6.45) is 1.35. The molecule has 1 atom stereocenters. The van der Waals surface area contributed by atoms with Gasteiger partial charge in [-0.05, 0) is 13.0 Å². The third kappa shape index (κ3) is 3.18. The number of carbonyl (C=O) groups excluding carboxylic acids is 1. The number of rotatable bonds is 4. The van der Waals surface area contributed by atoms with Crippen molar-refractivity contribution in [2.24, 2.45) is 0 Å². The molecule has 2 aromatic heterocycles. The highest BCUT2D eigenvalue weighted by Gasteiger charge is 2.19. The minimum absolute atomic E-state index is 0.286. The lowest BCUT2D eigenvalue weighted by Gasteiger charge is -2.13. The van der Waals surface area contributed by atoms with Gasteiger partial charge in [0.1, 0.15) is 12.3 Å². The van der Waals surface area contributed by atoms with Gasteiger partial charge in [-0.2, -0.15) is 5.10 Å². The number of benzene rings is 1. The number of anilines is 1. The largest absolute Gasteiger partial charge is 0.363 e. The average molecular weight is 310 g/mol. The number of nitrogens with one attached hydrogen (secondary N) is 1. The first-order chi connectivity index (χ1) is 11.1. The molecular formula is C16H14N4O3. The van der Waals surface area contributed by atoms with E-state index in [1.807, 2.05) is 30.3 Å². The minimum atomic E-state index is -0.789. The van der Waals surface area contributed by atoms with Crippen LogP contribution in [0.15, 0.2) is 64.1 Å². The van der Waals surface area contributed by atoms with Crippen LogP contribution in [0.25, 0.3) is 11.3 Å². The van der Waals surface area contributed by atoms with Crippen molar-refractivity contribution in [3.63, 3.8) is 0 Å². The lowest BCUT2D eigenvalue weighted by atomic mass is 10.1. The molecule has 116 valence electrons. The Balaban J connectivity index is 1.89. The average Bonchev–Trinajstić information content (AvgIpc) is 3.08. The van der Waals surface area contributed by atoms with E-state index < -0.39 is 11.9 Å². The van der Waals surface area contributed by atoms with Gasteiger partial charge in [-0.15, -0.1) is 0 Å². The van der Waals surface area contributed by atoms with Crippen LogP contribution in [0.3, 0.4) is 0 Å². The van der Waals surface area contributed by atoms with Gasteiger partial charge in [-0.25, -0.2) is 4.68 Å². The van der Waals surface area contributed by atoms with E-state index in [2.05, 4.69) is 20.1 Å². The molecule has 23 heavy (non-hydrogen) atoms. The highest BCUT2D eigenvalue weighted by atomic mass is 16.5. The zero-order valence-corrected chi connectivity index (χ0v) is 12.3. The fourth-order valence-corrected chi connectivity index (χ4v) is 2.08. The van der Waals surface area contributed by atoms with Crippen molar-refractivity contribution in [2.75, 3.05) is 5.32 Å². The number of carbonyl (C=O) groups is 1. The monoisotopic (exact) mass is 310 g/mol. The molecule has 2 heterocycles. The molecule has 7 heteroatoms. The van der Waals surface area contributed by atoms with Crippen LogP contribution in [0, 0.1) is 0 Å². The maximum atomic E-state index is 12.2. The number of aromatic nitrogens is 3. The fraction of sp³-hybridized carbons (Fsp3) is 0.125. The second kappa shape index (κ2) is 6.27. The van der Waals surface area contributed by atoms with E-state index in [-0.39, 0.29) is 11.4 Å². The van der Waals surface area contributed by atoms with E-state index in [0.29, 0.717) is 5.69 Å². The third-order valence-corrected chi connectivity index (χ3v) is 3.33. The van der Waals surface area contributed by atoms with Crippen LogP contribution in [-0.2, 0) is 4.79 Å². The van der Waals surface area contributed by atoms with Crippen molar-refractivity contribution in [1.82, 2.24) is 14.9 Å². The van der Waals surface area contributed by atoms with Gasteiger partial charge < -0.3 is 9.84 Å². The predicted octanol–water partition coefficient (Wildman–Crippen LogP) is 2.10. The Hall–Kier alpha value is -3.22. The molecule has 0 aliphatic rings. The zero-order valence-electron chi connectivity index (χ0n) is 12.3. The minimum Gasteiger partial charge on any atom is -0.363 e. The first-order valence-electron chi connectivity index (χ1n) is 7.01. The van der Waals surface area contributed by atoms with Crippen LogP contribution in [0.4, 0.5) is 5.82 Å². The molecule has 1 unspecified atom stereocenters. The van der Waals surface area contributed by atoms with Crippen molar-refractivity contribution in [1.29, 1.82) is 0 Å². The van der Waals surface area contributed by atoms with E-state index in [1.165, 1.54) is 18.4 Å². The van der Waals surface area contributed by atoms with Crippen molar-refractivity contribution in [3.8, 4) is 11.3 Å². The van der Waals surface area contributed by atoms with Gasteiger partial charge in [-0.1, -0.05) is 35.5 Å². The summed E-state index contributed by atoms with van der Waals surface area (Å²) >= 11 is 0. The number of amides is 1. The quantitative estimate of drug-likeness (QED) is 0.797. The summed E-state index contributed by atoms with van der Waals surface area (Å²) in [4.78, 5) is 24.3. The van der Waals surface area contributed by atoms with Crippen molar-refractivity contribution >= 4 is 11.7 Å². The molecular weight excluding hydrogens is 296 g/mol. The summed E-state index contributed by atoms with van der Waals surface area (Å²) in [5, 5.41) is 10.5. The Morgan fingerprint density at radius 1 is 1.17 bits per heavy atom. The molecule has 0 radical (unpaired) electrons. The maximum absolute atomic E-state index is 12.2. The Bertz CT molecular complexity index is 857. The van der Waals surface area contributed by atoms with E-state index >= 15 is 0 Å². The first kappa shape index (κ1) is 14.7. The van der Waals surface area contributed by atoms with Crippen LogP contribution < -0.4 is 10.9 Å². The van der Waals surface area contributed by atoms with Crippen molar-refractivity contribution < 1.29 is 9.32 Å². The van der Waals surface area contributed by atoms with Crippen LogP contribution in [-0.4, -0.2) is 20.8 Å². The predicted molar refractivity (Wildman–Crippen MR) is 83.8 cm³/mol. The summed E-state index contributed by atoms with van der Waals surface area (Å²) in [6, 6.07) is 13.2. The van der Waals surface area contributed by atoms with Gasteiger partial charge in [0.15, 0.2) is 5.82 Å². The standard InChI is InChI=1S/C16H14N4O3/c1-11(16(22)17-14-9-10-23-19-14)20-15(21)8-7-13(18-20)12-5-3-2-4-6-12/h2-11H,1H3,(H,17,19,22). The summed E-state index contributed by atoms with van der Waals surface area (Å²) < 4.78 is 5.80. The van der Waals surface area contributed by atoms with Crippen LogP contribution in [0.5, 0.6) is 0 Å². The van der Waals surface area contributed by atoms with Crippen LogP contribution in [0.2, 0.25) is 0 Å². The van der Waals surface area contributed by atoms with Crippen molar-refractivity contribution in [2.45, 2.75) is 13.0 Å². The summed E-state index contributed by atoms with van der Waals surface area (Å²) in [6.45, 7) is 1.60. The molecule has 0 saturated heterocycles. The second-order valence-corrected chi connectivity index (χ2v) is 4.92. The Morgan fingerprint density at radius 3 is 2.65 bits per heavy atom. The van der Waals surface area contributed by atoms with Gasteiger partial charge in [0.2, 0.25) is 5.91 Å². The van der Waals surface area contributed by atoms with E-state index in [4.69, 9.17) is 0 Å². The van der Waals surface area contributed by atoms with Crippen LogP contribution in [0.1, 0.15) is 13.0 Å². The van der Waals surface area contributed by atoms with Crippen LogP contribution >= 0.6 is 0 Å². The smallest absolute Gasteiger partial charge is 0.267 e. The van der Waals surface area contributed by atoms with Crippen molar-refractivity contribution in [3.05, 3.63) is 65.1 Å². The van der Waals surface area contributed by atoms with Gasteiger partial charge in [-0.3, -0.25) is 9.59 Å². The highest BCUT2D eigenvalue weighted by Crippen LogP contribution is 2.15. The summed E-state index contributed by atoms with van der Waals surface area (Å²) in [5.74, 6) is -0.118. The Morgan fingerprint density at radius 2 is 1.96 bits per heavy atom. The maximum Gasteiger partial charge on any atom is 0.267 e. The second-order valence-electron chi connectivity index (χ2n) is 4.92. The number of hydrogen-bond acceptors (Lipinski definition) is 5. The molecule has 0 spiro atoms. The highest BCUT2D eigenvalue weighted by molar-refractivity contribution is 5.92. The molecule has 3 rings (SSSR count). The number of nitrogens with zero attached hydrogens (tertiary/aromatic N) is 3. The molecule has 0 aliphatic heterocycles. The normalized spacial score (nSPS) is 11.9. The molecule has 0 aliphatic carbocycles. The van der Waals surface area contributed by atoms with Gasteiger partial charge >= 0.3 is 0 Å². The van der Waals surface area contributed by atoms with Gasteiger partial charge in [0.25, 0.3) is 5.56 Å². The van der Waals surface area contributed by atoms with Gasteiger partial charge in [0.05, 0.1) is 5.69 Å². The number of hydrogen-bond donors (Lipinski definition) is 1.